The smallest absolute Gasteiger partial charge is 0.408 e. The lowest BCUT2D eigenvalue weighted by Crippen LogP contribution is -2.54. The zero-order valence-electron chi connectivity index (χ0n) is 33.1. The molecule has 2 unspecified atom stereocenters. The molecule has 3 aromatic rings. The van der Waals surface area contributed by atoms with Crippen molar-refractivity contribution in [3.63, 3.8) is 0 Å². The van der Waals surface area contributed by atoms with Gasteiger partial charge in [-0.25, -0.2) is 28.8 Å². The van der Waals surface area contributed by atoms with Crippen molar-refractivity contribution in [1.82, 2.24) is 10.6 Å². The summed E-state index contributed by atoms with van der Waals surface area (Å²) in [5.74, 6) is -4.87. The maximum Gasteiger partial charge on any atom is 0.408 e. The number of carboxylic acid groups (broad SMARTS) is 2. The van der Waals surface area contributed by atoms with E-state index in [0.717, 1.165) is 34.9 Å². The number of amides is 2. The van der Waals surface area contributed by atoms with E-state index < -0.39 is 71.6 Å². The van der Waals surface area contributed by atoms with E-state index >= 15 is 0 Å². The fraction of sp³-hybridized carbons (Fsp3) is 0.415. The zero-order valence-corrected chi connectivity index (χ0v) is 33.1. The normalized spacial score (nSPS) is 14.1. The molecule has 0 fully saturated rings. The number of nitrogens with one attached hydrogen (secondary N) is 2. The van der Waals surface area contributed by atoms with Gasteiger partial charge in [0.15, 0.2) is 24.3 Å². The van der Waals surface area contributed by atoms with Crippen LogP contribution in [0.4, 0.5) is 9.59 Å². The number of benzene rings is 3. The first-order chi connectivity index (χ1) is 26.8. The summed E-state index contributed by atoms with van der Waals surface area (Å²) in [5, 5.41) is 23.2. The summed E-state index contributed by atoms with van der Waals surface area (Å²) in [6.45, 7) is 9.81. The molecule has 0 radical (unpaired) electrons. The van der Waals surface area contributed by atoms with Gasteiger partial charge in [0, 0.05) is 20.1 Å². The van der Waals surface area contributed by atoms with Gasteiger partial charge in [-0.05, 0) is 69.4 Å². The van der Waals surface area contributed by atoms with E-state index in [1.165, 1.54) is 7.11 Å². The summed E-state index contributed by atoms with van der Waals surface area (Å²) in [4.78, 5) is 71.9. The molecule has 4 atom stereocenters. The molecule has 0 heterocycles. The van der Waals surface area contributed by atoms with Crippen molar-refractivity contribution in [1.29, 1.82) is 0 Å². The molecule has 2 amide bonds. The van der Waals surface area contributed by atoms with Crippen molar-refractivity contribution < 1.29 is 67.4 Å². The van der Waals surface area contributed by atoms with Crippen molar-refractivity contribution in [3.8, 4) is 11.1 Å². The van der Waals surface area contributed by atoms with Gasteiger partial charge in [-0.15, -0.1) is 0 Å². The molecular weight excluding hydrogens is 744 g/mol. The van der Waals surface area contributed by atoms with Crippen LogP contribution in [0, 0.1) is 0 Å². The molecule has 0 aromatic heterocycles. The molecule has 0 bridgehead atoms. The molecule has 57 heavy (non-hydrogen) atoms. The number of fused-ring (bicyclic) bond motifs is 3. The lowest BCUT2D eigenvalue weighted by Gasteiger charge is -2.26. The molecule has 0 spiro atoms. The Morgan fingerprint density at radius 2 is 0.982 bits per heavy atom. The summed E-state index contributed by atoms with van der Waals surface area (Å²) in [6, 6.07) is 21.3. The largest absolute Gasteiger partial charge is 0.480 e. The van der Waals surface area contributed by atoms with Crippen molar-refractivity contribution in [2.75, 3.05) is 20.8 Å². The Morgan fingerprint density at radius 1 is 0.596 bits per heavy atom. The van der Waals surface area contributed by atoms with Crippen molar-refractivity contribution in [3.05, 3.63) is 95.6 Å². The van der Waals surface area contributed by atoms with E-state index in [0.29, 0.717) is 0 Å². The molecule has 308 valence electrons. The van der Waals surface area contributed by atoms with E-state index in [-0.39, 0.29) is 19.1 Å². The van der Waals surface area contributed by atoms with Gasteiger partial charge >= 0.3 is 36.1 Å². The lowest BCUT2D eigenvalue weighted by atomic mass is 9.98. The van der Waals surface area contributed by atoms with E-state index in [4.69, 9.17) is 28.4 Å². The van der Waals surface area contributed by atoms with Crippen LogP contribution >= 0.6 is 0 Å². The molecular formula is C41H50N2O14. The SMILES string of the molecule is COC(C(=O)OC(C)(C)C)[C@H](NC(=O)OCC1c2ccccc2-c2ccccc21)C(=O)O.COC(C(=O)OC(C)(C)C)[C@H](NC(=O)OCc1ccccc1)C(=O)O. The predicted molar refractivity (Wildman–Crippen MR) is 204 cm³/mol. The second kappa shape index (κ2) is 20.2. The Balaban J connectivity index is 0.000000316. The lowest BCUT2D eigenvalue weighted by molar-refractivity contribution is -0.172. The number of rotatable bonds is 14. The molecule has 1 aliphatic carbocycles. The molecule has 0 saturated heterocycles. The number of hydrogen-bond acceptors (Lipinski definition) is 12. The maximum atomic E-state index is 12.5. The fourth-order valence-corrected chi connectivity index (χ4v) is 5.65. The Hall–Kier alpha value is -6.00. The van der Waals surface area contributed by atoms with E-state index in [9.17, 15) is 39.0 Å². The van der Waals surface area contributed by atoms with Crippen molar-refractivity contribution in [2.45, 2.75) is 89.6 Å². The van der Waals surface area contributed by atoms with Gasteiger partial charge in [0.05, 0.1) is 0 Å². The number of aliphatic carboxylic acids is 2. The number of esters is 2. The predicted octanol–water partition coefficient (Wildman–Crippen LogP) is 5.06. The third kappa shape index (κ3) is 13.6. The number of carboxylic acids is 2. The highest BCUT2D eigenvalue weighted by Gasteiger charge is 2.40. The minimum Gasteiger partial charge on any atom is -0.480 e. The maximum absolute atomic E-state index is 12.5. The van der Waals surface area contributed by atoms with E-state index in [1.807, 2.05) is 54.6 Å². The summed E-state index contributed by atoms with van der Waals surface area (Å²) < 4.78 is 30.6. The van der Waals surface area contributed by atoms with Crippen LogP contribution in [-0.2, 0) is 54.2 Å². The molecule has 16 heteroatoms. The fourth-order valence-electron chi connectivity index (χ4n) is 5.65. The van der Waals surface area contributed by atoms with Gasteiger partial charge in [0.2, 0.25) is 0 Å². The van der Waals surface area contributed by atoms with Gasteiger partial charge < -0.3 is 49.3 Å². The van der Waals surface area contributed by atoms with E-state index in [1.54, 1.807) is 65.8 Å². The number of alkyl carbamates (subject to hydrolysis) is 2. The van der Waals surface area contributed by atoms with Crippen LogP contribution in [0.2, 0.25) is 0 Å². The van der Waals surface area contributed by atoms with Gasteiger partial charge in [0.25, 0.3) is 0 Å². The average molecular weight is 795 g/mol. The van der Waals surface area contributed by atoms with Gasteiger partial charge in [-0.2, -0.15) is 0 Å². The van der Waals surface area contributed by atoms with Crippen molar-refractivity contribution >= 4 is 36.1 Å². The monoisotopic (exact) mass is 794 g/mol. The van der Waals surface area contributed by atoms with Crippen LogP contribution in [0.3, 0.4) is 0 Å². The van der Waals surface area contributed by atoms with Crippen LogP contribution in [-0.4, -0.2) is 103 Å². The molecule has 3 aromatic carbocycles. The topological polar surface area (TPSA) is 222 Å². The Labute approximate surface area is 330 Å². The average Bonchev–Trinajstić information content (AvgIpc) is 3.45. The van der Waals surface area contributed by atoms with Crippen LogP contribution in [0.1, 0.15) is 64.2 Å². The van der Waals surface area contributed by atoms with Crippen LogP contribution in [0.25, 0.3) is 11.1 Å². The highest BCUT2D eigenvalue weighted by molar-refractivity contribution is 5.89. The molecule has 1 aliphatic rings. The van der Waals surface area contributed by atoms with Crippen LogP contribution in [0.15, 0.2) is 78.9 Å². The van der Waals surface area contributed by atoms with Crippen molar-refractivity contribution in [2.24, 2.45) is 0 Å². The number of methoxy groups -OCH3 is 2. The highest BCUT2D eigenvalue weighted by atomic mass is 16.6. The summed E-state index contributed by atoms with van der Waals surface area (Å²) in [6.07, 6.45) is -5.00. The molecule has 4 N–H and O–H groups in total. The third-order valence-electron chi connectivity index (χ3n) is 8.03. The third-order valence-corrected chi connectivity index (χ3v) is 8.03. The second-order valence-electron chi connectivity index (χ2n) is 14.7. The number of hydrogen-bond donors (Lipinski definition) is 4. The van der Waals surface area contributed by atoms with Crippen LogP contribution < -0.4 is 10.6 Å². The van der Waals surface area contributed by atoms with Crippen LogP contribution in [0.5, 0.6) is 0 Å². The minimum absolute atomic E-state index is 0.0102. The molecule has 16 nitrogen and oxygen atoms in total. The number of ether oxygens (including phenoxy) is 6. The minimum atomic E-state index is -1.68. The first-order valence-electron chi connectivity index (χ1n) is 17.8. The summed E-state index contributed by atoms with van der Waals surface area (Å²) in [7, 11) is 2.32. The molecule has 0 saturated carbocycles. The Kier molecular flexibility index (Phi) is 16.1. The van der Waals surface area contributed by atoms with Gasteiger partial charge in [-0.3, -0.25) is 0 Å². The summed E-state index contributed by atoms with van der Waals surface area (Å²) in [5.41, 5.74) is 3.26. The Bertz CT molecular complexity index is 1820. The van der Waals surface area contributed by atoms with Gasteiger partial charge in [0.1, 0.15) is 24.4 Å². The Morgan fingerprint density at radius 3 is 1.37 bits per heavy atom. The quantitative estimate of drug-likeness (QED) is 0.124. The first kappa shape index (κ1) is 45.4. The second-order valence-corrected chi connectivity index (χ2v) is 14.7. The number of carbonyl (C=O) groups excluding carboxylic acids is 4. The molecule has 4 rings (SSSR count). The first-order valence-corrected chi connectivity index (χ1v) is 17.8. The van der Waals surface area contributed by atoms with E-state index in [2.05, 4.69) is 10.6 Å². The highest BCUT2D eigenvalue weighted by Crippen LogP contribution is 2.44. The number of carbonyl (C=O) groups is 6. The summed E-state index contributed by atoms with van der Waals surface area (Å²) >= 11 is 0. The standard InChI is InChI=1S/C24H27NO7.C17H23NO7/c1-24(2,3)32-22(28)20(30-4)19(21(26)27)25-23(29)31-13-18-16-11-7-5-9-14(16)15-10-6-8-12-17(15)18;1-17(2,3)25-15(21)13(23-4)12(14(19)20)18-16(22)24-10-11-8-6-5-7-9-11/h5-12,18-20H,13H2,1-4H3,(H,25,29)(H,26,27);5-9,12-13H,10H2,1-4H3,(H,18,22)(H,19,20)/t19-,20?;12-,13?/m00/s1. The zero-order chi connectivity index (χ0) is 42.5. The molecule has 0 aliphatic heterocycles. The van der Waals surface area contributed by atoms with Gasteiger partial charge in [-0.1, -0.05) is 78.9 Å².